The Kier molecular flexibility index (Phi) is 6.01. The molecule has 1 aromatic heterocycles. The third-order valence-electron chi connectivity index (χ3n) is 6.56. The van der Waals surface area contributed by atoms with Gasteiger partial charge in [0.05, 0.1) is 19.4 Å². The second-order valence-corrected chi connectivity index (χ2v) is 8.47. The minimum Gasteiger partial charge on any atom is -0.491 e. The fraction of sp³-hybridized carbons (Fsp3) is 0.714. The monoisotopic (exact) mass is 388 g/mol. The Morgan fingerprint density at radius 1 is 1.36 bits per heavy atom. The van der Waals surface area contributed by atoms with E-state index in [1.807, 2.05) is 6.07 Å². The van der Waals surface area contributed by atoms with Crippen LogP contribution in [0.5, 0.6) is 5.75 Å². The fourth-order valence-electron chi connectivity index (χ4n) is 4.68. The van der Waals surface area contributed by atoms with Crippen LogP contribution < -0.4 is 10.1 Å². The van der Waals surface area contributed by atoms with Gasteiger partial charge in [0.15, 0.2) is 0 Å². The summed E-state index contributed by atoms with van der Waals surface area (Å²) in [5, 5.41) is 3.13. The number of likely N-dealkylation sites (tertiary alicyclic amines) is 2. The van der Waals surface area contributed by atoms with Crippen LogP contribution >= 0.6 is 0 Å². The van der Waals surface area contributed by atoms with Crippen molar-refractivity contribution in [2.75, 3.05) is 46.5 Å². The minimum absolute atomic E-state index is 0.0500. The normalized spacial score (nSPS) is 24.6. The summed E-state index contributed by atoms with van der Waals surface area (Å²) in [4.78, 5) is 21.6. The van der Waals surface area contributed by atoms with Gasteiger partial charge in [-0.2, -0.15) is 0 Å². The van der Waals surface area contributed by atoms with Crippen LogP contribution in [0.25, 0.3) is 0 Å². The summed E-state index contributed by atoms with van der Waals surface area (Å²) < 4.78 is 11.4. The molecular weight excluding hydrogens is 356 g/mol. The summed E-state index contributed by atoms with van der Waals surface area (Å²) in [6.45, 7) is 5.67. The van der Waals surface area contributed by atoms with Crippen LogP contribution in [-0.4, -0.2) is 72.9 Å². The van der Waals surface area contributed by atoms with Crippen LogP contribution in [0.15, 0.2) is 18.5 Å². The first-order chi connectivity index (χ1) is 13.7. The van der Waals surface area contributed by atoms with Crippen molar-refractivity contribution in [3.8, 4) is 5.75 Å². The number of carbonyl (C=O) groups excluding carboxylic acids is 1. The van der Waals surface area contributed by atoms with Gasteiger partial charge in [-0.25, -0.2) is 4.79 Å². The van der Waals surface area contributed by atoms with E-state index in [2.05, 4.69) is 27.1 Å². The van der Waals surface area contributed by atoms with Gasteiger partial charge in [0.25, 0.3) is 0 Å². The molecule has 1 spiro atoms. The van der Waals surface area contributed by atoms with Crippen molar-refractivity contribution in [3.63, 3.8) is 0 Å². The molecule has 0 aliphatic carbocycles. The number of nitrogens with zero attached hydrogens (tertiary/aromatic N) is 3. The lowest BCUT2D eigenvalue weighted by atomic mass is 9.85. The number of rotatable bonds is 5. The Bertz CT molecular complexity index is 669. The number of aromatic nitrogens is 1. The van der Waals surface area contributed by atoms with Gasteiger partial charge in [-0.05, 0) is 45.2 Å². The molecule has 3 aliphatic heterocycles. The van der Waals surface area contributed by atoms with Crippen molar-refractivity contribution in [2.24, 2.45) is 5.92 Å². The van der Waals surface area contributed by atoms with Crippen LogP contribution in [0.4, 0.5) is 4.79 Å². The van der Waals surface area contributed by atoms with Crippen molar-refractivity contribution in [1.82, 2.24) is 20.1 Å². The van der Waals surface area contributed by atoms with Crippen molar-refractivity contribution in [1.29, 1.82) is 0 Å². The zero-order valence-corrected chi connectivity index (χ0v) is 16.9. The molecule has 28 heavy (non-hydrogen) atoms. The molecule has 7 nitrogen and oxygen atoms in total. The summed E-state index contributed by atoms with van der Waals surface area (Å²) in [5.41, 5.74) is 1.02. The maximum atomic E-state index is 13.0. The van der Waals surface area contributed by atoms with E-state index in [0.29, 0.717) is 19.1 Å². The largest absolute Gasteiger partial charge is 0.491 e. The minimum atomic E-state index is 0.0500. The third-order valence-corrected chi connectivity index (χ3v) is 6.56. The smallest absolute Gasteiger partial charge is 0.318 e. The molecule has 0 saturated carbocycles. The molecule has 1 unspecified atom stereocenters. The number of nitrogens with one attached hydrogen (secondary N) is 1. The van der Waals surface area contributed by atoms with Crippen LogP contribution in [0.2, 0.25) is 0 Å². The quantitative estimate of drug-likeness (QED) is 0.838. The number of urea groups is 1. The maximum Gasteiger partial charge on any atom is 0.318 e. The highest BCUT2D eigenvalue weighted by Gasteiger charge is 2.44. The van der Waals surface area contributed by atoms with Gasteiger partial charge in [0.2, 0.25) is 0 Å². The van der Waals surface area contributed by atoms with E-state index >= 15 is 0 Å². The van der Waals surface area contributed by atoms with Gasteiger partial charge in [0.1, 0.15) is 5.75 Å². The molecule has 0 bridgehead atoms. The van der Waals surface area contributed by atoms with Gasteiger partial charge in [-0.1, -0.05) is 0 Å². The average molecular weight is 389 g/mol. The maximum absolute atomic E-state index is 13.0. The van der Waals surface area contributed by atoms with Crippen LogP contribution in [-0.2, 0) is 11.3 Å². The van der Waals surface area contributed by atoms with Crippen molar-refractivity contribution in [3.05, 3.63) is 24.0 Å². The number of piperidine rings is 1. The molecule has 0 aromatic carbocycles. The molecular formula is C21H32N4O3. The lowest BCUT2D eigenvalue weighted by Crippen LogP contribution is -2.55. The fourth-order valence-corrected chi connectivity index (χ4v) is 4.68. The molecule has 4 rings (SSSR count). The Morgan fingerprint density at radius 3 is 3.00 bits per heavy atom. The lowest BCUT2D eigenvalue weighted by Gasteiger charge is -2.44. The van der Waals surface area contributed by atoms with E-state index < -0.39 is 0 Å². The zero-order chi connectivity index (χ0) is 19.4. The molecule has 3 fully saturated rings. The van der Waals surface area contributed by atoms with Gasteiger partial charge < -0.3 is 24.6 Å². The predicted octanol–water partition coefficient (Wildman–Crippen LogP) is 2.27. The molecule has 2 amide bonds. The Balaban J connectivity index is 1.34. The van der Waals surface area contributed by atoms with E-state index in [4.69, 9.17) is 9.47 Å². The second-order valence-electron chi connectivity index (χ2n) is 8.47. The molecule has 1 aromatic rings. The molecule has 3 saturated heterocycles. The Labute approximate surface area is 167 Å². The van der Waals surface area contributed by atoms with E-state index in [0.717, 1.165) is 76.3 Å². The molecule has 154 valence electrons. The van der Waals surface area contributed by atoms with Crippen LogP contribution in [0, 0.1) is 5.92 Å². The SMILES string of the molecule is CN1CCC2(CCCN2C(=O)NCc2ccncc2OCC2CCOC2)CC1. The summed E-state index contributed by atoms with van der Waals surface area (Å²) in [6, 6.07) is 1.98. The van der Waals surface area contributed by atoms with E-state index in [1.165, 1.54) is 0 Å². The van der Waals surface area contributed by atoms with E-state index in [9.17, 15) is 4.79 Å². The van der Waals surface area contributed by atoms with Crippen LogP contribution in [0.3, 0.4) is 0 Å². The summed E-state index contributed by atoms with van der Waals surface area (Å²) >= 11 is 0. The third kappa shape index (κ3) is 4.25. The van der Waals surface area contributed by atoms with E-state index in [1.54, 1.807) is 12.4 Å². The Morgan fingerprint density at radius 2 is 2.21 bits per heavy atom. The van der Waals surface area contributed by atoms with E-state index in [-0.39, 0.29) is 11.6 Å². The topological polar surface area (TPSA) is 66.9 Å². The van der Waals surface area contributed by atoms with Crippen molar-refractivity contribution < 1.29 is 14.3 Å². The first-order valence-electron chi connectivity index (χ1n) is 10.5. The summed E-state index contributed by atoms with van der Waals surface area (Å²) in [5.74, 6) is 1.20. The predicted molar refractivity (Wildman–Crippen MR) is 106 cm³/mol. The summed E-state index contributed by atoms with van der Waals surface area (Å²) in [6.07, 6.45) is 8.91. The van der Waals surface area contributed by atoms with Gasteiger partial charge in [0, 0.05) is 56.0 Å². The standard InChI is InChI=1S/C21H32N4O3/c1-24-10-6-21(7-11-24)5-2-9-25(21)20(26)23-13-18-3-8-22-14-19(18)28-16-17-4-12-27-15-17/h3,8,14,17H,2,4-7,9-13,15-16H2,1H3,(H,23,26). The number of carbonyl (C=O) groups is 1. The highest BCUT2D eigenvalue weighted by atomic mass is 16.5. The molecule has 1 atom stereocenters. The molecule has 4 heterocycles. The molecule has 0 radical (unpaired) electrons. The first-order valence-corrected chi connectivity index (χ1v) is 10.5. The van der Waals surface area contributed by atoms with Gasteiger partial charge in [-0.15, -0.1) is 0 Å². The summed E-state index contributed by atoms with van der Waals surface area (Å²) in [7, 11) is 2.16. The first kappa shape index (κ1) is 19.5. The highest BCUT2D eigenvalue weighted by Crippen LogP contribution is 2.38. The average Bonchev–Trinajstić information content (AvgIpc) is 3.38. The number of pyridine rings is 1. The zero-order valence-electron chi connectivity index (χ0n) is 16.9. The lowest BCUT2D eigenvalue weighted by molar-refractivity contribution is 0.0828. The Hall–Kier alpha value is -1.86. The van der Waals surface area contributed by atoms with Crippen LogP contribution in [0.1, 0.15) is 37.7 Å². The molecule has 1 N–H and O–H groups in total. The number of hydrogen-bond donors (Lipinski definition) is 1. The van der Waals surface area contributed by atoms with Gasteiger partial charge in [-0.3, -0.25) is 4.98 Å². The number of ether oxygens (including phenoxy) is 2. The van der Waals surface area contributed by atoms with Gasteiger partial charge >= 0.3 is 6.03 Å². The highest BCUT2D eigenvalue weighted by molar-refractivity contribution is 5.75. The second kappa shape index (κ2) is 8.66. The van der Waals surface area contributed by atoms with Crippen molar-refractivity contribution >= 4 is 6.03 Å². The molecule has 7 heteroatoms. The molecule has 3 aliphatic rings. The number of amides is 2. The number of hydrogen-bond acceptors (Lipinski definition) is 5. The van der Waals surface area contributed by atoms with Crippen molar-refractivity contribution in [2.45, 2.75) is 44.2 Å².